The van der Waals surface area contributed by atoms with Crippen LogP contribution in [-0.4, -0.2) is 24.8 Å². The van der Waals surface area contributed by atoms with Crippen molar-refractivity contribution in [3.05, 3.63) is 35.4 Å². The Labute approximate surface area is 115 Å². The Morgan fingerprint density at radius 1 is 1.05 bits per heavy atom. The topological polar surface area (TPSA) is 46.5 Å². The Hall–Kier alpha value is -1.35. The summed E-state index contributed by atoms with van der Waals surface area (Å²) in [6.07, 6.45) is 6.49. The summed E-state index contributed by atoms with van der Waals surface area (Å²) in [5.41, 5.74) is 2.57. The smallest absolute Gasteiger partial charge is 0.305 e. The molecule has 0 aliphatic carbocycles. The molecule has 0 radical (unpaired) electrons. The second kappa shape index (κ2) is 9.56. The van der Waals surface area contributed by atoms with Crippen LogP contribution in [0.1, 0.15) is 43.2 Å². The van der Waals surface area contributed by atoms with Gasteiger partial charge in [-0.1, -0.05) is 37.1 Å². The molecular weight excluding hydrogens is 240 g/mol. The molecule has 0 unspecified atom stereocenters. The van der Waals surface area contributed by atoms with Crippen molar-refractivity contribution in [3.63, 3.8) is 0 Å². The Kier molecular flexibility index (Phi) is 7.91. The molecule has 0 aliphatic rings. The summed E-state index contributed by atoms with van der Waals surface area (Å²) in [6, 6.07) is 8.29. The summed E-state index contributed by atoms with van der Waals surface area (Å²) < 4.78 is 4.67. The van der Waals surface area contributed by atoms with Crippen molar-refractivity contribution < 1.29 is 14.6 Å². The number of carbonyl (C=O) groups is 1. The fourth-order valence-corrected chi connectivity index (χ4v) is 2.16. The van der Waals surface area contributed by atoms with E-state index in [1.807, 2.05) is 12.1 Å². The van der Waals surface area contributed by atoms with Crippen LogP contribution in [0.4, 0.5) is 0 Å². The number of hydrogen-bond acceptors (Lipinski definition) is 3. The standard InChI is InChI=1S/C16H24O3/c1-19-16(18)12-11-15-10-6-5-9-14(15)8-4-2-3-7-13-17/h5-6,9-10,17H,2-4,7-8,11-13H2,1H3. The number of aryl methyl sites for hydroxylation is 2. The summed E-state index contributed by atoms with van der Waals surface area (Å²) in [7, 11) is 1.43. The molecule has 3 nitrogen and oxygen atoms in total. The van der Waals surface area contributed by atoms with Gasteiger partial charge in [-0.15, -0.1) is 0 Å². The van der Waals surface area contributed by atoms with Gasteiger partial charge in [0.1, 0.15) is 0 Å². The Balaban J connectivity index is 2.41. The number of hydrogen-bond donors (Lipinski definition) is 1. The molecule has 0 aromatic heterocycles. The molecule has 0 bridgehead atoms. The lowest BCUT2D eigenvalue weighted by molar-refractivity contribution is -0.140. The van der Waals surface area contributed by atoms with Crippen molar-refractivity contribution in [2.75, 3.05) is 13.7 Å². The lowest BCUT2D eigenvalue weighted by Crippen LogP contribution is -2.03. The van der Waals surface area contributed by atoms with E-state index in [2.05, 4.69) is 16.9 Å². The Morgan fingerprint density at radius 2 is 1.68 bits per heavy atom. The van der Waals surface area contributed by atoms with Crippen LogP contribution in [0, 0.1) is 0 Å². The van der Waals surface area contributed by atoms with Crippen LogP contribution in [0.25, 0.3) is 0 Å². The number of benzene rings is 1. The largest absolute Gasteiger partial charge is 0.469 e. The van der Waals surface area contributed by atoms with Crippen molar-refractivity contribution in [1.29, 1.82) is 0 Å². The predicted molar refractivity (Wildman–Crippen MR) is 76.0 cm³/mol. The molecule has 0 spiro atoms. The van der Waals surface area contributed by atoms with E-state index in [0.717, 1.165) is 38.5 Å². The van der Waals surface area contributed by atoms with Gasteiger partial charge in [-0.3, -0.25) is 4.79 Å². The molecule has 0 heterocycles. The molecule has 19 heavy (non-hydrogen) atoms. The number of unbranched alkanes of at least 4 members (excludes halogenated alkanes) is 3. The van der Waals surface area contributed by atoms with E-state index in [1.165, 1.54) is 18.2 Å². The predicted octanol–water partition coefficient (Wildman–Crippen LogP) is 2.89. The van der Waals surface area contributed by atoms with E-state index in [4.69, 9.17) is 5.11 Å². The SMILES string of the molecule is COC(=O)CCc1ccccc1CCCCCCO. The van der Waals surface area contributed by atoms with Gasteiger partial charge in [0.15, 0.2) is 0 Å². The summed E-state index contributed by atoms with van der Waals surface area (Å²) in [6.45, 7) is 0.287. The van der Waals surface area contributed by atoms with Crippen molar-refractivity contribution >= 4 is 5.97 Å². The number of methoxy groups -OCH3 is 1. The monoisotopic (exact) mass is 264 g/mol. The Morgan fingerprint density at radius 3 is 2.32 bits per heavy atom. The second-order valence-electron chi connectivity index (χ2n) is 4.73. The quantitative estimate of drug-likeness (QED) is 0.551. The minimum Gasteiger partial charge on any atom is -0.469 e. The van der Waals surface area contributed by atoms with Crippen LogP contribution in [0.5, 0.6) is 0 Å². The van der Waals surface area contributed by atoms with E-state index in [-0.39, 0.29) is 12.6 Å². The zero-order valence-corrected chi connectivity index (χ0v) is 11.7. The minimum absolute atomic E-state index is 0.155. The first-order valence-corrected chi connectivity index (χ1v) is 7.02. The normalized spacial score (nSPS) is 10.4. The van der Waals surface area contributed by atoms with Gasteiger partial charge in [0.2, 0.25) is 0 Å². The van der Waals surface area contributed by atoms with Crippen molar-refractivity contribution in [3.8, 4) is 0 Å². The fraction of sp³-hybridized carbons (Fsp3) is 0.562. The average Bonchev–Trinajstić information content (AvgIpc) is 2.45. The second-order valence-corrected chi connectivity index (χ2v) is 4.73. The first-order chi connectivity index (χ1) is 9.27. The molecule has 1 N–H and O–H groups in total. The fourth-order valence-electron chi connectivity index (χ4n) is 2.16. The Bertz CT molecular complexity index is 374. The molecule has 0 aliphatic heterocycles. The minimum atomic E-state index is -0.155. The molecule has 0 atom stereocenters. The summed E-state index contributed by atoms with van der Waals surface area (Å²) in [5, 5.41) is 8.73. The number of carbonyl (C=O) groups excluding carboxylic acids is 1. The van der Waals surface area contributed by atoms with E-state index < -0.39 is 0 Å². The average molecular weight is 264 g/mol. The van der Waals surface area contributed by atoms with Crippen LogP contribution >= 0.6 is 0 Å². The van der Waals surface area contributed by atoms with Crippen LogP contribution in [-0.2, 0) is 22.4 Å². The zero-order valence-electron chi connectivity index (χ0n) is 11.7. The molecule has 1 rings (SSSR count). The zero-order chi connectivity index (χ0) is 13.9. The number of aliphatic hydroxyl groups excluding tert-OH is 1. The highest BCUT2D eigenvalue weighted by Gasteiger charge is 2.05. The maximum absolute atomic E-state index is 11.2. The number of aliphatic hydroxyl groups is 1. The van der Waals surface area contributed by atoms with Crippen LogP contribution in [0.3, 0.4) is 0 Å². The van der Waals surface area contributed by atoms with Gasteiger partial charge < -0.3 is 9.84 Å². The van der Waals surface area contributed by atoms with Gasteiger partial charge in [0.25, 0.3) is 0 Å². The maximum atomic E-state index is 11.2. The number of ether oxygens (including phenoxy) is 1. The highest BCUT2D eigenvalue weighted by atomic mass is 16.5. The van der Waals surface area contributed by atoms with Gasteiger partial charge in [-0.05, 0) is 36.8 Å². The van der Waals surface area contributed by atoms with E-state index in [0.29, 0.717) is 6.42 Å². The molecule has 0 amide bonds. The van der Waals surface area contributed by atoms with Gasteiger partial charge >= 0.3 is 5.97 Å². The van der Waals surface area contributed by atoms with Gasteiger partial charge in [0, 0.05) is 13.0 Å². The van der Waals surface area contributed by atoms with Crippen molar-refractivity contribution in [2.24, 2.45) is 0 Å². The van der Waals surface area contributed by atoms with E-state index in [1.54, 1.807) is 0 Å². The van der Waals surface area contributed by atoms with E-state index >= 15 is 0 Å². The lowest BCUT2D eigenvalue weighted by Gasteiger charge is -2.09. The summed E-state index contributed by atoms with van der Waals surface area (Å²) in [4.78, 5) is 11.2. The highest BCUT2D eigenvalue weighted by molar-refractivity contribution is 5.69. The first-order valence-electron chi connectivity index (χ1n) is 7.02. The summed E-state index contributed by atoms with van der Waals surface area (Å²) >= 11 is 0. The van der Waals surface area contributed by atoms with E-state index in [9.17, 15) is 4.79 Å². The van der Waals surface area contributed by atoms with Crippen LogP contribution in [0.15, 0.2) is 24.3 Å². The third kappa shape index (κ3) is 6.39. The third-order valence-corrected chi connectivity index (χ3v) is 3.30. The van der Waals surface area contributed by atoms with Gasteiger partial charge in [-0.2, -0.15) is 0 Å². The molecule has 3 heteroatoms. The molecule has 0 saturated carbocycles. The van der Waals surface area contributed by atoms with Crippen LogP contribution < -0.4 is 0 Å². The number of rotatable bonds is 9. The van der Waals surface area contributed by atoms with Crippen LogP contribution in [0.2, 0.25) is 0 Å². The van der Waals surface area contributed by atoms with Gasteiger partial charge in [0.05, 0.1) is 7.11 Å². The first kappa shape index (κ1) is 15.7. The molecule has 0 saturated heterocycles. The molecule has 1 aromatic carbocycles. The third-order valence-electron chi connectivity index (χ3n) is 3.30. The lowest BCUT2D eigenvalue weighted by atomic mass is 9.98. The molecule has 106 valence electrons. The van der Waals surface area contributed by atoms with Crippen molar-refractivity contribution in [1.82, 2.24) is 0 Å². The molecule has 1 aromatic rings. The number of esters is 1. The maximum Gasteiger partial charge on any atom is 0.305 e. The van der Waals surface area contributed by atoms with Gasteiger partial charge in [-0.25, -0.2) is 0 Å². The van der Waals surface area contributed by atoms with Crippen molar-refractivity contribution in [2.45, 2.75) is 44.9 Å². The molecular formula is C16H24O3. The summed E-state index contributed by atoms with van der Waals surface area (Å²) in [5.74, 6) is -0.155. The highest BCUT2D eigenvalue weighted by Crippen LogP contribution is 2.15. The molecule has 0 fully saturated rings.